The van der Waals surface area contributed by atoms with Crippen LogP contribution in [0.4, 0.5) is 0 Å². The van der Waals surface area contributed by atoms with Gasteiger partial charge in [-0.15, -0.1) is 0 Å². The molecule has 0 aliphatic carbocycles. The Hall–Kier alpha value is -1.45. The molecule has 0 unspecified atom stereocenters. The highest BCUT2D eigenvalue weighted by Gasteiger charge is 2.31. The van der Waals surface area contributed by atoms with Crippen molar-refractivity contribution in [2.24, 2.45) is 5.92 Å². The lowest BCUT2D eigenvalue weighted by Gasteiger charge is -2.29. The van der Waals surface area contributed by atoms with Crippen molar-refractivity contribution in [2.45, 2.75) is 17.7 Å². The summed E-state index contributed by atoms with van der Waals surface area (Å²) in [6.07, 6.45) is 2.02. The van der Waals surface area contributed by atoms with E-state index in [1.807, 2.05) is 4.98 Å². The van der Waals surface area contributed by atoms with Gasteiger partial charge in [-0.05, 0) is 18.8 Å². The number of sulfonamides is 1. The lowest BCUT2D eigenvalue weighted by molar-refractivity contribution is 0.170. The van der Waals surface area contributed by atoms with Crippen LogP contribution < -0.4 is 11.2 Å². The Balaban J connectivity index is 2.28. The predicted octanol–water partition coefficient (Wildman–Crippen LogP) is -1.54. The summed E-state index contributed by atoms with van der Waals surface area (Å²) in [6, 6.07) is 0. The van der Waals surface area contributed by atoms with Crippen molar-refractivity contribution in [3.05, 3.63) is 27.0 Å². The van der Waals surface area contributed by atoms with Crippen molar-refractivity contribution in [2.75, 3.05) is 19.7 Å². The van der Waals surface area contributed by atoms with Crippen LogP contribution in [0, 0.1) is 5.92 Å². The molecule has 1 aliphatic rings. The van der Waals surface area contributed by atoms with E-state index >= 15 is 0 Å². The van der Waals surface area contributed by atoms with Crippen LogP contribution in [0.25, 0.3) is 0 Å². The second-order valence-electron chi connectivity index (χ2n) is 4.47. The van der Waals surface area contributed by atoms with E-state index < -0.39 is 26.2 Å². The molecule has 0 amide bonds. The summed E-state index contributed by atoms with van der Waals surface area (Å²) in [4.78, 5) is 26.0. The molecule has 9 heteroatoms. The number of rotatable bonds is 3. The number of aliphatic hydroxyl groups excluding tert-OH is 1. The largest absolute Gasteiger partial charge is 0.396 e. The van der Waals surface area contributed by atoms with Crippen LogP contribution >= 0.6 is 0 Å². The van der Waals surface area contributed by atoms with Crippen molar-refractivity contribution in [1.82, 2.24) is 14.3 Å². The van der Waals surface area contributed by atoms with E-state index in [0.717, 1.165) is 6.20 Å². The first kappa shape index (κ1) is 14.0. The van der Waals surface area contributed by atoms with E-state index in [1.165, 1.54) is 4.31 Å². The Kier molecular flexibility index (Phi) is 3.88. The molecular weight excluding hydrogens is 274 g/mol. The number of aromatic amines is 2. The molecule has 0 spiro atoms. The smallest absolute Gasteiger partial charge is 0.325 e. The highest BCUT2D eigenvalue weighted by molar-refractivity contribution is 7.89. The third-order valence-electron chi connectivity index (χ3n) is 3.23. The molecule has 1 aromatic rings. The average Bonchev–Trinajstić information content (AvgIpc) is 2.38. The van der Waals surface area contributed by atoms with Gasteiger partial charge in [0.15, 0.2) is 4.90 Å². The Labute approximate surface area is 109 Å². The Morgan fingerprint density at radius 1 is 1.32 bits per heavy atom. The summed E-state index contributed by atoms with van der Waals surface area (Å²) in [6.45, 7) is 0.547. The molecule has 1 fully saturated rings. The molecule has 1 saturated heterocycles. The molecule has 2 heterocycles. The maximum atomic E-state index is 12.2. The average molecular weight is 289 g/mol. The molecule has 0 saturated carbocycles. The zero-order chi connectivity index (χ0) is 14.0. The number of nitrogens with one attached hydrogen (secondary N) is 2. The Bertz CT molecular complexity index is 654. The van der Waals surface area contributed by atoms with Gasteiger partial charge in [-0.2, -0.15) is 4.31 Å². The van der Waals surface area contributed by atoms with Gasteiger partial charge in [0.2, 0.25) is 10.0 Å². The van der Waals surface area contributed by atoms with E-state index in [9.17, 15) is 18.0 Å². The van der Waals surface area contributed by atoms with Gasteiger partial charge in [0.05, 0.1) is 0 Å². The van der Waals surface area contributed by atoms with Gasteiger partial charge in [-0.1, -0.05) is 0 Å². The minimum absolute atomic E-state index is 0.0348. The summed E-state index contributed by atoms with van der Waals surface area (Å²) in [5, 5.41) is 9.01. The summed E-state index contributed by atoms with van der Waals surface area (Å²) in [5.74, 6) is 0.0975. The maximum Gasteiger partial charge on any atom is 0.325 e. The number of piperidine rings is 1. The molecule has 19 heavy (non-hydrogen) atoms. The number of aromatic nitrogens is 2. The minimum atomic E-state index is -3.90. The zero-order valence-corrected chi connectivity index (χ0v) is 10.9. The van der Waals surface area contributed by atoms with Gasteiger partial charge in [0.1, 0.15) is 0 Å². The topological polar surface area (TPSA) is 123 Å². The zero-order valence-electron chi connectivity index (χ0n) is 10.1. The second kappa shape index (κ2) is 5.27. The van der Waals surface area contributed by atoms with Crippen LogP contribution in [0.15, 0.2) is 20.7 Å². The highest BCUT2D eigenvalue weighted by Crippen LogP contribution is 2.21. The quantitative estimate of drug-likeness (QED) is 0.622. The monoisotopic (exact) mass is 289 g/mol. The van der Waals surface area contributed by atoms with Crippen molar-refractivity contribution < 1.29 is 13.5 Å². The molecule has 1 aromatic heterocycles. The second-order valence-corrected chi connectivity index (χ2v) is 6.37. The molecule has 106 valence electrons. The van der Waals surface area contributed by atoms with Gasteiger partial charge in [-0.25, -0.2) is 13.2 Å². The summed E-state index contributed by atoms with van der Waals surface area (Å²) >= 11 is 0. The minimum Gasteiger partial charge on any atom is -0.396 e. The van der Waals surface area contributed by atoms with Crippen molar-refractivity contribution in [3.63, 3.8) is 0 Å². The normalized spacial score (nSPS) is 18.6. The van der Waals surface area contributed by atoms with E-state index in [1.54, 1.807) is 0 Å². The first-order valence-corrected chi connectivity index (χ1v) is 7.32. The van der Waals surface area contributed by atoms with Crippen molar-refractivity contribution in [1.29, 1.82) is 0 Å². The van der Waals surface area contributed by atoms with Gasteiger partial charge in [-0.3, -0.25) is 9.78 Å². The number of aliphatic hydroxyl groups is 1. The summed E-state index contributed by atoms with van der Waals surface area (Å²) < 4.78 is 25.7. The van der Waals surface area contributed by atoms with Crippen LogP contribution in [-0.4, -0.2) is 47.5 Å². The van der Waals surface area contributed by atoms with Gasteiger partial charge >= 0.3 is 5.69 Å². The van der Waals surface area contributed by atoms with E-state index in [2.05, 4.69) is 4.98 Å². The van der Waals surface area contributed by atoms with Crippen LogP contribution in [0.5, 0.6) is 0 Å². The molecule has 0 aromatic carbocycles. The standard InChI is InChI=1S/C10H15N3O5S/c14-6-7-1-3-13(4-2-7)19(17,18)8-5-11-10(16)12-9(8)15/h5,7,14H,1-4,6H2,(H2,11,12,15,16). The summed E-state index contributed by atoms with van der Waals surface area (Å²) in [5.41, 5.74) is -1.67. The van der Waals surface area contributed by atoms with Crippen LogP contribution in [0.1, 0.15) is 12.8 Å². The fourth-order valence-electron chi connectivity index (χ4n) is 2.06. The molecule has 1 aliphatic heterocycles. The molecule has 2 rings (SSSR count). The summed E-state index contributed by atoms with van der Waals surface area (Å²) in [7, 11) is -3.90. The molecule has 0 bridgehead atoms. The van der Waals surface area contributed by atoms with Crippen molar-refractivity contribution >= 4 is 10.0 Å². The molecular formula is C10H15N3O5S. The Morgan fingerprint density at radius 2 is 1.95 bits per heavy atom. The number of hydrogen-bond acceptors (Lipinski definition) is 5. The molecule has 0 atom stereocenters. The third kappa shape index (κ3) is 2.77. The van der Waals surface area contributed by atoms with E-state index in [0.29, 0.717) is 12.8 Å². The SMILES string of the molecule is O=c1[nH]cc(S(=O)(=O)N2CCC(CO)CC2)c(=O)[nH]1. The molecule has 8 nitrogen and oxygen atoms in total. The molecule has 0 radical (unpaired) electrons. The molecule has 3 N–H and O–H groups in total. The van der Waals surface area contributed by atoms with E-state index in [-0.39, 0.29) is 25.6 Å². The van der Waals surface area contributed by atoms with Gasteiger partial charge in [0, 0.05) is 25.9 Å². The first-order valence-electron chi connectivity index (χ1n) is 5.88. The highest BCUT2D eigenvalue weighted by atomic mass is 32.2. The van der Waals surface area contributed by atoms with Crippen LogP contribution in [-0.2, 0) is 10.0 Å². The van der Waals surface area contributed by atoms with Gasteiger partial charge < -0.3 is 10.1 Å². The predicted molar refractivity (Wildman–Crippen MR) is 66.3 cm³/mol. The lowest BCUT2D eigenvalue weighted by atomic mass is 10.00. The van der Waals surface area contributed by atoms with E-state index in [4.69, 9.17) is 5.11 Å². The number of H-pyrrole nitrogens is 2. The first-order chi connectivity index (χ1) is 8.95. The lowest BCUT2D eigenvalue weighted by Crippen LogP contribution is -2.41. The number of hydrogen-bond donors (Lipinski definition) is 3. The van der Waals surface area contributed by atoms with Crippen LogP contribution in [0.3, 0.4) is 0 Å². The van der Waals surface area contributed by atoms with Crippen molar-refractivity contribution in [3.8, 4) is 0 Å². The van der Waals surface area contributed by atoms with Crippen LogP contribution in [0.2, 0.25) is 0 Å². The fourth-order valence-corrected chi connectivity index (χ4v) is 3.52. The third-order valence-corrected chi connectivity index (χ3v) is 5.14. The Morgan fingerprint density at radius 3 is 2.47 bits per heavy atom. The maximum absolute atomic E-state index is 12.2. The number of nitrogens with zero attached hydrogens (tertiary/aromatic N) is 1. The van der Waals surface area contributed by atoms with Gasteiger partial charge in [0.25, 0.3) is 5.56 Å². The fraction of sp³-hybridized carbons (Fsp3) is 0.600.